The summed E-state index contributed by atoms with van der Waals surface area (Å²) in [5, 5.41) is 0. The summed E-state index contributed by atoms with van der Waals surface area (Å²) >= 11 is 0. The molecule has 136 valence electrons. The number of benzene rings is 2. The van der Waals surface area contributed by atoms with Crippen LogP contribution in [0.15, 0.2) is 41.2 Å². The number of methoxy groups -OCH3 is 1. The Balaban J connectivity index is 1.62. The molecule has 1 N–H and O–H groups in total. The summed E-state index contributed by atoms with van der Waals surface area (Å²) in [7, 11) is 1.60. The molecular formula is C20H22FN3O2. The SMILES string of the molecule is COc1cccc2c1[nH]c(=O)n2C1CCN(c2c(C)cccc2F)CC1. The van der Waals surface area contributed by atoms with Gasteiger partial charge in [0.2, 0.25) is 0 Å². The van der Waals surface area contributed by atoms with E-state index in [0.717, 1.165) is 42.5 Å². The number of para-hydroxylation sites is 2. The van der Waals surface area contributed by atoms with E-state index in [9.17, 15) is 9.18 Å². The molecule has 6 heteroatoms. The molecule has 0 bridgehead atoms. The first kappa shape index (κ1) is 16.7. The van der Waals surface area contributed by atoms with Crippen LogP contribution in [0.25, 0.3) is 11.0 Å². The van der Waals surface area contributed by atoms with E-state index in [4.69, 9.17) is 4.74 Å². The molecule has 1 aliphatic heterocycles. The number of H-pyrrole nitrogens is 1. The Morgan fingerprint density at radius 2 is 1.88 bits per heavy atom. The van der Waals surface area contributed by atoms with E-state index in [0.29, 0.717) is 11.4 Å². The fourth-order valence-electron chi connectivity index (χ4n) is 4.03. The minimum atomic E-state index is -0.183. The zero-order chi connectivity index (χ0) is 18.3. The van der Waals surface area contributed by atoms with Gasteiger partial charge in [0.05, 0.1) is 18.3 Å². The molecule has 0 saturated carbocycles. The Hall–Kier alpha value is -2.76. The highest BCUT2D eigenvalue weighted by molar-refractivity contribution is 5.82. The Kier molecular flexibility index (Phi) is 4.18. The molecule has 1 aromatic heterocycles. The summed E-state index contributed by atoms with van der Waals surface area (Å²) in [6, 6.07) is 10.9. The highest BCUT2D eigenvalue weighted by Crippen LogP contribution is 2.32. The third-order valence-electron chi connectivity index (χ3n) is 5.27. The van der Waals surface area contributed by atoms with Crippen LogP contribution in [0.2, 0.25) is 0 Å². The number of nitrogens with zero attached hydrogens (tertiary/aromatic N) is 2. The number of aromatic nitrogens is 2. The molecule has 4 rings (SSSR count). The molecular weight excluding hydrogens is 333 g/mol. The molecule has 0 atom stereocenters. The van der Waals surface area contributed by atoms with E-state index in [1.807, 2.05) is 35.8 Å². The van der Waals surface area contributed by atoms with Gasteiger partial charge in [0.1, 0.15) is 17.1 Å². The van der Waals surface area contributed by atoms with Crippen LogP contribution in [-0.4, -0.2) is 29.8 Å². The van der Waals surface area contributed by atoms with Gasteiger partial charge < -0.3 is 14.6 Å². The summed E-state index contributed by atoms with van der Waals surface area (Å²) in [5.74, 6) is 0.482. The van der Waals surface area contributed by atoms with E-state index in [2.05, 4.69) is 9.88 Å². The quantitative estimate of drug-likeness (QED) is 0.781. The zero-order valence-corrected chi connectivity index (χ0v) is 15.0. The smallest absolute Gasteiger partial charge is 0.326 e. The molecule has 1 fully saturated rings. The summed E-state index contributed by atoms with van der Waals surface area (Å²) < 4.78 is 21.4. The first-order valence-corrected chi connectivity index (χ1v) is 8.87. The Labute approximate surface area is 151 Å². The van der Waals surface area contributed by atoms with Crippen molar-refractivity contribution in [2.75, 3.05) is 25.1 Å². The molecule has 2 heterocycles. The van der Waals surface area contributed by atoms with Gasteiger partial charge >= 0.3 is 5.69 Å². The van der Waals surface area contributed by atoms with E-state index in [-0.39, 0.29) is 17.5 Å². The second-order valence-corrected chi connectivity index (χ2v) is 6.78. The lowest BCUT2D eigenvalue weighted by molar-refractivity contribution is 0.394. The fraction of sp³-hybridized carbons (Fsp3) is 0.350. The van der Waals surface area contributed by atoms with E-state index in [1.165, 1.54) is 6.07 Å². The number of halogens is 1. The minimum absolute atomic E-state index is 0.0895. The normalized spacial score (nSPS) is 15.6. The van der Waals surface area contributed by atoms with Gasteiger partial charge in [0.15, 0.2) is 0 Å². The van der Waals surface area contributed by atoms with Crippen molar-refractivity contribution in [1.82, 2.24) is 9.55 Å². The largest absolute Gasteiger partial charge is 0.494 e. The molecule has 26 heavy (non-hydrogen) atoms. The molecule has 5 nitrogen and oxygen atoms in total. The number of aryl methyl sites for hydroxylation is 1. The number of rotatable bonds is 3. The second kappa shape index (κ2) is 6.52. The van der Waals surface area contributed by atoms with Gasteiger partial charge in [-0.05, 0) is 43.5 Å². The molecule has 1 saturated heterocycles. The third-order valence-corrected chi connectivity index (χ3v) is 5.27. The maximum atomic E-state index is 14.2. The summed E-state index contributed by atoms with van der Waals surface area (Å²) in [6.07, 6.45) is 1.58. The molecule has 0 amide bonds. The molecule has 0 radical (unpaired) electrons. The van der Waals surface area contributed by atoms with Crippen LogP contribution in [0.3, 0.4) is 0 Å². The second-order valence-electron chi connectivity index (χ2n) is 6.78. The maximum Gasteiger partial charge on any atom is 0.326 e. The van der Waals surface area contributed by atoms with Crippen molar-refractivity contribution >= 4 is 16.7 Å². The van der Waals surface area contributed by atoms with Crippen LogP contribution in [0.4, 0.5) is 10.1 Å². The van der Waals surface area contributed by atoms with Crippen LogP contribution in [0, 0.1) is 12.7 Å². The van der Waals surface area contributed by atoms with Crippen molar-refractivity contribution in [3.8, 4) is 5.75 Å². The Morgan fingerprint density at radius 1 is 1.15 bits per heavy atom. The monoisotopic (exact) mass is 355 g/mol. The standard InChI is InChI=1S/C20H22FN3O2/c1-13-5-3-6-15(21)19(13)23-11-9-14(10-12-23)24-16-7-4-8-17(26-2)18(16)22-20(24)25/h3-8,14H,9-12H2,1-2H3,(H,22,25). The third kappa shape index (κ3) is 2.66. The average Bonchev–Trinajstić information content (AvgIpc) is 2.98. The van der Waals surface area contributed by atoms with Crippen molar-refractivity contribution in [3.05, 3.63) is 58.3 Å². The van der Waals surface area contributed by atoms with Gasteiger partial charge in [-0.25, -0.2) is 9.18 Å². The molecule has 1 aliphatic rings. The van der Waals surface area contributed by atoms with Gasteiger partial charge in [-0.3, -0.25) is 4.57 Å². The number of aromatic amines is 1. The van der Waals surface area contributed by atoms with Gasteiger partial charge in [-0.1, -0.05) is 18.2 Å². The number of imidazole rings is 1. The van der Waals surface area contributed by atoms with Crippen LogP contribution < -0.4 is 15.3 Å². The molecule has 0 spiro atoms. The van der Waals surface area contributed by atoms with Crippen LogP contribution >= 0.6 is 0 Å². The zero-order valence-electron chi connectivity index (χ0n) is 15.0. The highest BCUT2D eigenvalue weighted by atomic mass is 19.1. The first-order valence-electron chi connectivity index (χ1n) is 8.87. The van der Waals surface area contributed by atoms with Crippen LogP contribution in [0.1, 0.15) is 24.4 Å². The number of fused-ring (bicyclic) bond motifs is 1. The predicted molar refractivity (Wildman–Crippen MR) is 101 cm³/mol. The number of hydrogen-bond acceptors (Lipinski definition) is 3. The molecule has 3 aromatic rings. The summed E-state index contributed by atoms with van der Waals surface area (Å²) in [5.41, 5.74) is 3.09. The van der Waals surface area contributed by atoms with Gasteiger partial charge in [0, 0.05) is 19.1 Å². The Morgan fingerprint density at radius 3 is 2.58 bits per heavy atom. The van der Waals surface area contributed by atoms with Gasteiger partial charge in [-0.2, -0.15) is 0 Å². The van der Waals surface area contributed by atoms with Crippen molar-refractivity contribution < 1.29 is 9.13 Å². The Bertz CT molecular complexity index is 980. The summed E-state index contributed by atoms with van der Waals surface area (Å²) in [6.45, 7) is 3.37. The lowest BCUT2D eigenvalue weighted by atomic mass is 10.0. The van der Waals surface area contributed by atoms with Crippen molar-refractivity contribution in [1.29, 1.82) is 0 Å². The van der Waals surface area contributed by atoms with Crippen molar-refractivity contribution in [2.45, 2.75) is 25.8 Å². The number of hydrogen-bond donors (Lipinski definition) is 1. The lowest BCUT2D eigenvalue weighted by Crippen LogP contribution is -2.37. The van der Waals surface area contributed by atoms with Crippen molar-refractivity contribution in [2.24, 2.45) is 0 Å². The van der Waals surface area contributed by atoms with Crippen LogP contribution in [0.5, 0.6) is 5.75 Å². The highest BCUT2D eigenvalue weighted by Gasteiger charge is 2.26. The van der Waals surface area contributed by atoms with Gasteiger partial charge in [0.25, 0.3) is 0 Å². The van der Waals surface area contributed by atoms with E-state index < -0.39 is 0 Å². The van der Waals surface area contributed by atoms with Crippen molar-refractivity contribution in [3.63, 3.8) is 0 Å². The molecule has 0 aliphatic carbocycles. The number of nitrogens with one attached hydrogen (secondary N) is 1. The maximum absolute atomic E-state index is 14.2. The number of anilines is 1. The summed E-state index contributed by atoms with van der Waals surface area (Å²) in [4.78, 5) is 17.5. The fourth-order valence-corrected chi connectivity index (χ4v) is 4.03. The molecule has 0 unspecified atom stereocenters. The average molecular weight is 355 g/mol. The lowest BCUT2D eigenvalue weighted by Gasteiger charge is -2.35. The minimum Gasteiger partial charge on any atom is -0.494 e. The van der Waals surface area contributed by atoms with Gasteiger partial charge in [-0.15, -0.1) is 0 Å². The van der Waals surface area contributed by atoms with Crippen LogP contribution in [-0.2, 0) is 0 Å². The molecule has 2 aromatic carbocycles. The number of ether oxygens (including phenoxy) is 1. The van der Waals surface area contributed by atoms with E-state index >= 15 is 0 Å². The topological polar surface area (TPSA) is 50.3 Å². The van der Waals surface area contributed by atoms with E-state index in [1.54, 1.807) is 13.2 Å². The number of piperidine rings is 1. The predicted octanol–water partition coefficient (Wildman–Crippen LogP) is 3.63. The first-order chi connectivity index (χ1) is 12.6.